The van der Waals surface area contributed by atoms with Crippen LogP contribution in [0.4, 0.5) is 5.69 Å². The zero-order valence-electron chi connectivity index (χ0n) is 15.2. The Morgan fingerprint density at radius 3 is 2.63 bits per heavy atom. The van der Waals surface area contributed by atoms with E-state index in [-0.39, 0.29) is 10.9 Å². The van der Waals surface area contributed by atoms with Crippen molar-refractivity contribution in [2.24, 2.45) is 0 Å². The first-order chi connectivity index (χ1) is 12.9. The van der Waals surface area contributed by atoms with Gasteiger partial charge in [-0.2, -0.15) is 0 Å². The normalized spacial score (nSPS) is 12.9. The van der Waals surface area contributed by atoms with Gasteiger partial charge in [-0.05, 0) is 61.2 Å². The highest BCUT2D eigenvalue weighted by Crippen LogP contribution is 2.18. The second-order valence-electron chi connectivity index (χ2n) is 6.60. The van der Waals surface area contributed by atoms with Crippen molar-refractivity contribution in [1.82, 2.24) is 15.0 Å². The summed E-state index contributed by atoms with van der Waals surface area (Å²) in [6.45, 7) is 3.16. The average molecular weight is 385 g/mol. The van der Waals surface area contributed by atoms with Crippen molar-refractivity contribution in [2.75, 3.05) is 18.8 Å². The van der Waals surface area contributed by atoms with Crippen molar-refractivity contribution in [3.63, 3.8) is 0 Å². The minimum Gasteiger partial charge on any atom is -0.399 e. The Morgan fingerprint density at radius 1 is 1.07 bits per heavy atom. The van der Waals surface area contributed by atoms with Gasteiger partial charge in [-0.3, -0.25) is 4.98 Å². The topological polar surface area (TPSA) is 97.1 Å². The Labute approximate surface area is 159 Å². The molecule has 2 aromatic carbocycles. The van der Waals surface area contributed by atoms with E-state index in [9.17, 15) is 8.42 Å². The van der Waals surface area contributed by atoms with Gasteiger partial charge in [0.2, 0.25) is 10.0 Å². The Balaban J connectivity index is 1.52. The first-order valence-corrected chi connectivity index (χ1v) is 10.3. The van der Waals surface area contributed by atoms with Crippen LogP contribution in [0.25, 0.3) is 10.8 Å². The van der Waals surface area contributed by atoms with Gasteiger partial charge in [0.05, 0.1) is 4.90 Å². The molecule has 0 saturated carbocycles. The quantitative estimate of drug-likeness (QED) is 0.409. The van der Waals surface area contributed by atoms with E-state index >= 15 is 0 Å². The van der Waals surface area contributed by atoms with E-state index in [0.717, 1.165) is 29.4 Å². The standard InChI is InChI=1S/C20H24N4O2S/c1-15(13-22-10-8-16-2-5-19(21)6-3-16)24-27(25,26)20-7-4-18-14-23-11-9-17(18)12-20/h2-7,9,11-12,14-15,22,24H,8,10,13,21H2,1H3. The lowest BCUT2D eigenvalue weighted by atomic mass is 10.1. The molecule has 1 heterocycles. The minimum atomic E-state index is -3.57. The molecule has 0 spiro atoms. The number of aromatic nitrogens is 1. The van der Waals surface area contributed by atoms with E-state index in [1.165, 1.54) is 5.56 Å². The molecule has 0 amide bonds. The van der Waals surface area contributed by atoms with Crippen molar-refractivity contribution < 1.29 is 8.42 Å². The molecule has 0 aliphatic heterocycles. The third-order valence-corrected chi connectivity index (χ3v) is 5.89. The summed E-state index contributed by atoms with van der Waals surface area (Å²) in [5.74, 6) is 0. The van der Waals surface area contributed by atoms with Crippen molar-refractivity contribution >= 4 is 26.5 Å². The van der Waals surface area contributed by atoms with Gasteiger partial charge in [0.25, 0.3) is 0 Å². The van der Waals surface area contributed by atoms with Gasteiger partial charge in [0, 0.05) is 36.1 Å². The smallest absolute Gasteiger partial charge is 0.240 e. The summed E-state index contributed by atoms with van der Waals surface area (Å²) in [5.41, 5.74) is 7.61. The van der Waals surface area contributed by atoms with Crippen LogP contribution in [0, 0.1) is 0 Å². The monoisotopic (exact) mass is 384 g/mol. The van der Waals surface area contributed by atoms with Crippen molar-refractivity contribution in [3.05, 3.63) is 66.5 Å². The summed E-state index contributed by atoms with van der Waals surface area (Å²) < 4.78 is 27.9. The lowest BCUT2D eigenvalue weighted by Gasteiger charge is -2.15. The molecule has 142 valence electrons. The van der Waals surface area contributed by atoms with Crippen molar-refractivity contribution in [2.45, 2.75) is 24.3 Å². The number of hydrogen-bond acceptors (Lipinski definition) is 5. The molecule has 0 aliphatic carbocycles. The zero-order chi connectivity index (χ0) is 19.3. The molecule has 0 saturated heterocycles. The third-order valence-electron chi connectivity index (χ3n) is 4.30. The van der Waals surface area contributed by atoms with Crippen LogP contribution in [0.2, 0.25) is 0 Å². The minimum absolute atomic E-state index is 0.227. The highest BCUT2D eigenvalue weighted by Gasteiger charge is 2.17. The molecule has 0 radical (unpaired) electrons. The van der Waals surface area contributed by atoms with Crippen LogP contribution in [0.1, 0.15) is 12.5 Å². The molecule has 7 heteroatoms. The fraction of sp³-hybridized carbons (Fsp3) is 0.250. The van der Waals surface area contributed by atoms with Crippen LogP contribution < -0.4 is 15.8 Å². The van der Waals surface area contributed by atoms with Gasteiger partial charge < -0.3 is 11.1 Å². The summed E-state index contributed by atoms with van der Waals surface area (Å²) in [7, 11) is -3.57. The number of pyridine rings is 1. The fourth-order valence-electron chi connectivity index (χ4n) is 2.84. The molecule has 27 heavy (non-hydrogen) atoms. The van der Waals surface area contributed by atoms with E-state index in [1.54, 1.807) is 36.7 Å². The van der Waals surface area contributed by atoms with Gasteiger partial charge in [-0.25, -0.2) is 13.1 Å². The number of nitrogens with two attached hydrogens (primary N) is 1. The SMILES string of the molecule is CC(CNCCc1ccc(N)cc1)NS(=O)(=O)c1ccc2cnccc2c1. The highest BCUT2D eigenvalue weighted by atomic mass is 32.2. The van der Waals surface area contributed by atoms with E-state index < -0.39 is 10.0 Å². The molecule has 1 atom stereocenters. The zero-order valence-corrected chi connectivity index (χ0v) is 16.0. The molecule has 0 aliphatic rings. The van der Waals surface area contributed by atoms with Crippen LogP contribution in [0.5, 0.6) is 0 Å². The largest absolute Gasteiger partial charge is 0.399 e. The molecule has 1 aromatic heterocycles. The fourth-order valence-corrected chi connectivity index (χ4v) is 4.12. The summed E-state index contributed by atoms with van der Waals surface area (Å²) in [5, 5.41) is 5.05. The molecule has 6 nitrogen and oxygen atoms in total. The Kier molecular flexibility index (Phi) is 6.05. The van der Waals surface area contributed by atoms with Crippen LogP contribution in [0.3, 0.4) is 0 Å². The van der Waals surface area contributed by atoms with Gasteiger partial charge >= 0.3 is 0 Å². The van der Waals surface area contributed by atoms with E-state index in [4.69, 9.17) is 5.73 Å². The number of hydrogen-bond donors (Lipinski definition) is 3. The highest BCUT2D eigenvalue weighted by molar-refractivity contribution is 7.89. The molecule has 3 aromatic rings. The van der Waals surface area contributed by atoms with Crippen LogP contribution in [-0.4, -0.2) is 32.5 Å². The second kappa shape index (κ2) is 8.47. The first kappa shape index (κ1) is 19.3. The van der Waals surface area contributed by atoms with Crippen LogP contribution in [0.15, 0.2) is 65.8 Å². The predicted octanol–water partition coefficient (Wildman–Crippen LogP) is 2.32. The molecule has 1 unspecified atom stereocenters. The molecule has 0 fully saturated rings. The Morgan fingerprint density at radius 2 is 1.85 bits per heavy atom. The summed E-state index contributed by atoms with van der Waals surface area (Å²) in [6.07, 6.45) is 4.23. The number of nitrogens with zero attached hydrogens (tertiary/aromatic N) is 1. The van der Waals surface area contributed by atoms with E-state index in [0.29, 0.717) is 6.54 Å². The molecular weight excluding hydrogens is 360 g/mol. The lowest BCUT2D eigenvalue weighted by Crippen LogP contribution is -2.40. The van der Waals surface area contributed by atoms with Gasteiger partial charge in [-0.15, -0.1) is 0 Å². The summed E-state index contributed by atoms with van der Waals surface area (Å²) in [4.78, 5) is 4.30. The maximum absolute atomic E-state index is 12.6. The number of sulfonamides is 1. The van der Waals surface area contributed by atoms with Crippen molar-refractivity contribution in [1.29, 1.82) is 0 Å². The average Bonchev–Trinajstić information content (AvgIpc) is 2.66. The second-order valence-corrected chi connectivity index (χ2v) is 8.32. The number of benzene rings is 2. The number of nitrogen functional groups attached to an aromatic ring is 1. The van der Waals surface area contributed by atoms with Gasteiger partial charge in [-0.1, -0.05) is 18.2 Å². The van der Waals surface area contributed by atoms with Crippen LogP contribution in [-0.2, 0) is 16.4 Å². The number of rotatable bonds is 8. The predicted molar refractivity (Wildman–Crippen MR) is 109 cm³/mol. The number of anilines is 1. The van der Waals surface area contributed by atoms with E-state index in [2.05, 4.69) is 15.0 Å². The van der Waals surface area contributed by atoms with Gasteiger partial charge in [0.15, 0.2) is 0 Å². The summed E-state index contributed by atoms with van der Waals surface area (Å²) >= 11 is 0. The van der Waals surface area contributed by atoms with Crippen LogP contribution >= 0.6 is 0 Å². The van der Waals surface area contributed by atoms with Crippen molar-refractivity contribution in [3.8, 4) is 0 Å². The maximum Gasteiger partial charge on any atom is 0.240 e. The molecule has 3 rings (SSSR count). The molecule has 4 N–H and O–H groups in total. The summed E-state index contributed by atoms with van der Waals surface area (Å²) in [6, 6.07) is 14.4. The first-order valence-electron chi connectivity index (χ1n) is 8.85. The van der Waals surface area contributed by atoms with Gasteiger partial charge in [0.1, 0.15) is 0 Å². The molecule has 0 bridgehead atoms. The number of fused-ring (bicyclic) bond motifs is 1. The Hall–Kier alpha value is -2.48. The lowest BCUT2D eigenvalue weighted by molar-refractivity contribution is 0.537. The third kappa shape index (κ3) is 5.26. The number of nitrogens with one attached hydrogen (secondary N) is 2. The Bertz CT molecular complexity index is 1000. The maximum atomic E-state index is 12.6. The van der Waals surface area contributed by atoms with E-state index in [1.807, 2.05) is 31.2 Å². The molecular formula is C20H24N4O2S.